The first-order valence-corrected chi connectivity index (χ1v) is 10.0. The van der Waals surface area contributed by atoms with Gasteiger partial charge in [0.15, 0.2) is 6.10 Å². The van der Waals surface area contributed by atoms with Gasteiger partial charge in [-0.05, 0) is 73.4 Å². The van der Waals surface area contributed by atoms with Crippen molar-refractivity contribution >= 4 is 5.91 Å². The molecule has 2 aromatic rings. The third kappa shape index (κ3) is 6.42. The molecule has 146 valence electrons. The number of carbonyl (C=O) groups excluding carboxylic acids is 1. The molecule has 2 rings (SSSR count). The molecule has 1 N–H and O–H groups in total. The van der Waals surface area contributed by atoms with Crippen LogP contribution in [0.4, 0.5) is 0 Å². The standard InChI is InChI=1S/C24H33NO2/c1-6-23(27-22-14-9-18(4)19(5)16-22)24(26)25-15-7-8-20-10-12-21(13-11-20)17(2)3/h9-14,16-17,23H,6-8,15H2,1-5H3,(H,25,26)/t23-/m0/s1. The van der Waals surface area contributed by atoms with Crippen molar-refractivity contribution in [2.24, 2.45) is 0 Å². The molecule has 0 aliphatic rings. The molecule has 2 aromatic carbocycles. The van der Waals surface area contributed by atoms with E-state index in [1.165, 1.54) is 22.3 Å². The molecule has 0 bridgehead atoms. The molecule has 0 saturated carbocycles. The van der Waals surface area contributed by atoms with Crippen LogP contribution < -0.4 is 10.1 Å². The molecule has 0 aromatic heterocycles. The lowest BCUT2D eigenvalue weighted by atomic mass is 10.0. The number of rotatable bonds is 9. The van der Waals surface area contributed by atoms with Crippen LogP contribution in [0, 0.1) is 13.8 Å². The van der Waals surface area contributed by atoms with Crippen LogP contribution in [0.25, 0.3) is 0 Å². The van der Waals surface area contributed by atoms with Crippen molar-refractivity contribution in [3.8, 4) is 5.75 Å². The van der Waals surface area contributed by atoms with Crippen LogP contribution in [0.1, 0.15) is 61.8 Å². The van der Waals surface area contributed by atoms with E-state index < -0.39 is 6.10 Å². The van der Waals surface area contributed by atoms with Crippen molar-refractivity contribution in [3.63, 3.8) is 0 Å². The number of carbonyl (C=O) groups is 1. The normalized spacial score (nSPS) is 12.1. The van der Waals surface area contributed by atoms with Gasteiger partial charge in [0.1, 0.15) is 5.75 Å². The van der Waals surface area contributed by atoms with Crippen molar-refractivity contribution in [3.05, 3.63) is 64.7 Å². The summed E-state index contributed by atoms with van der Waals surface area (Å²) in [4.78, 5) is 12.4. The third-order valence-electron chi connectivity index (χ3n) is 5.01. The summed E-state index contributed by atoms with van der Waals surface area (Å²) >= 11 is 0. The highest BCUT2D eigenvalue weighted by atomic mass is 16.5. The predicted molar refractivity (Wildman–Crippen MR) is 112 cm³/mol. The number of aryl methyl sites for hydroxylation is 3. The van der Waals surface area contributed by atoms with E-state index in [0.29, 0.717) is 18.9 Å². The molecule has 0 aliphatic heterocycles. The van der Waals surface area contributed by atoms with Crippen LogP contribution in [0.3, 0.4) is 0 Å². The molecule has 3 nitrogen and oxygen atoms in total. The van der Waals surface area contributed by atoms with Gasteiger partial charge < -0.3 is 10.1 Å². The van der Waals surface area contributed by atoms with Gasteiger partial charge in [0, 0.05) is 6.54 Å². The summed E-state index contributed by atoms with van der Waals surface area (Å²) in [5.74, 6) is 1.28. The molecule has 1 amide bonds. The lowest BCUT2D eigenvalue weighted by Crippen LogP contribution is -2.38. The summed E-state index contributed by atoms with van der Waals surface area (Å²) in [5, 5.41) is 3.02. The Morgan fingerprint density at radius 2 is 1.74 bits per heavy atom. The number of amides is 1. The van der Waals surface area contributed by atoms with Crippen LogP contribution >= 0.6 is 0 Å². The van der Waals surface area contributed by atoms with E-state index in [-0.39, 0.29) is 5.91 Å². The minimum Gasteiger partial charge on any atom is -0.481 e. The van der Waals surface area contributed by atoms with Crippen molar-refractivity contribution in [2.75, 3.05) is 6.54 Å². The highest BCUT2D eigenvalue weighted by Crippen LogP contribution is 2.19. The molecule has 0 saturated heterocycles. The van der Waals surface area contributed by atoms with E-state index in [2.05, 4.69) is 57.3 Å². The molecule has 1 atom stereocenters. The lowest BCUT2D eigenvalue weighted by molar-refractivity contribution is -0.128. The fourth-order valence-corrected chi connectivity index (χ4v) is 2.96. The monoisotopic (exact) mass is 367 g/mol. The Kier molecular flexibility index (Phi) is 7.90. The molecule has 0 aliphatic carbocycles. The minimum absolute atomic E-state index is 0.0362. The van der Waals surface area contributed by atoms with Crippen LogP contribution in [0.5, 0.6) is 5.75 Å². The number of hydrogen-bond donors (Lipinski definition) is 1. The van der Waals surface area contributed by atoms with Crippen LogP contribution in [-0.4, -0.2) is 18.6 Å². The molecule has 0 spiro atoms. The molecular formula is C24H33NO2. The van der Waals surface area contributed by atoms with E-state index in [1.54, 1.807) is 0 Å². The molecule has 27 heavy (non-hydrogen) atoms. The molecular weight excluding hydrogens is 334 g/mol. The molecule has 0 radical (unpaired) electrons. The van der Waals surface area contributed by atoms with Gasteiger partial charge in [-0.3, -0.25) is 4.79 Å². The second-order valence-corrected chi connectivity index (χ2v) is 7.55. The van der Waals surface area contributed by atoms with E-state index in [0.717, 1.165) is 18.6 Å². The smallest absolute Gasteiger partial charge is 0.261 e. The summed E-state index contributed by atoms with van der Waals surface area (Å²) < 4.78 is 5.90. The summed E-state index contributed by atoms with van der Waals surface area (Å²) in [6, 6.07) is 14.7. The van der Waals surface area contributed by atoms with Gasteiger partial charge in [0.2, 0.25) is 0 Å². The maximum atomic E-state index is 12.4. The molecule has 0 unspecified atom stereocenters. The second kappa shape index (κ2) is 10.1. The van der Waals surface area contributed by atoms with Gasteiger partial charge >= 0.3 is 0 Å². The molecule has 0 fully saturated rings. The van der Waals surface area contributed by atoms with Crippen LogP contribution in [0.2, 0.25) is 0 Å². The van der Waals surface area contributed by atoms with Gasteiger partial charge in [-0.15, -0.1) is 0 Å². The Labute approximate surface area is 164 Å². The summed E-state index contributed by atoms with van der Waals surface area (Å²) in [5.41, 5.74) is 5.07. The zero-order valence-electron chi connectivity index (χ0n) is 17.3. The Morgan fingerprint density at radius 3 is 2.33 bits per heavy atom. The zero-order valence-corrected chi connectivity index (χ0v) is 17.3. The van der Waals surface area contributed by atoms with E-state index in [1.807, 2.05) is 25.1 Å². The summed E-state index contributed by atoms with van der Waals surface area (Å²) in [6.45, 7) is 11.2. The molecule has 3 heteroatoms. The summed E-state index contributed by atoms with van der Waals surface area (Å²) in [6.07, 6.45) is 2.09. The first kappa shape index (κ1) is 21.0. The highest BCUT2D eigenvalue weighted by molar-refractivity contribution is 5.81. The number of ether oxygens (including phenoxy) is 1. The van der Waals surface area contributed by atoms with Gasteiger partial charge in [-0.1, -0.05) is 51.1 Å². The minimum atomic E-state index is -0.447. The van der Waals surface area contributed by atoms with E-state index in [4.69, 9.17) is 4.74 Å². The van der Waals surface area contributed by atoms with Gasteiger partial charge in [0.25, 0.3) is 5.91 Å². The second-order valence-electron chi connectivity index (χ2n) is 7.55. The Hall–Kier alpha value is -2.29. The third-order valence-corrected chi connectivity index (χ3v) is 5.01. The molecule has 0 heterocycles. The average molecular weight is 368 g/mol. The lowest BCUT2D eigenvalue weighted by Gasteiger charge is -2.18. The van der Waals surface area contributed by atoms with Gasteiger partial charge in [-0.2, -0.15) is 0 Å². The van der Waals surface area contributed by atoms with E-state index >= 15 is 0 Å². The SMILES string of the molecule is CC[C@H](Oc1ccc(C)c(C)c1)C(=O)NCCCc1ccc(C(C)C)cc1. The Bertz CT molecular complexity index is 735. The average Bonchev–Trinajstić information content (AvgIpc) is 2.66. The maximum Gasteiger partial charge on any atom is 0.261 e. The van der Waals surface area contributed by atoms with Crippen LogP contribution in [-0.2, 0) is 11.2 Å². The van der Waals surface area contributed by atoms with Crippen LogP contribution in [0.15, 0.2) is 42.5 Å². The number of nitrogens with one attached hydrogen (secondary N) is 1. The first-order chi connectivity index (χ1) is 12.9. The fraction of sp³-hybridized carbons (Fsp3) is 0.458. The fourth-order valence-electron chi connectivity index (χ4n) is 2.96. The maximum absolute atomic E-state index is 12.4. The zero-order chi connectivity index (χ0) is 19.8. The first-order valence-electron chi connectivity index (χ1n) is 10.0. The predicted octanol–water partition coefficient (Wildman–Crippen LogP) is 5.33. The quantitative estimate of drug-likeness (QED) is 0.608. The summed E-state index contributed by atoms with van der Waals surface area (Å²) in [7, 11) is 0. The Morgan fingerprint density at radius 1 is 1.04 bits per heavy atom. The van der Waals surface area contributed by atoms with Crippen molar-refractivity contribution in [1.29, 1.82) is 0 Å². The van der Waals surface area contributed by atoms with Gasteiger partial charge in [0.05, 0.1) is 0 Å². The van der Waals surface area contributed by atoms with Crippen molar-refractivity contribution < 1.29 is 9.53 Å². The number of hydrogen-bond acceptors (Lipinski definition) is 2. The highest BCUT2D eigenvalue weighted by Gasteiger charge is 2.18. The van der Waals surface area contributed by atoms with Crippen molar-refractivity contribution in [2.45, 2.75) is 65.9 Å². The largest absolute Gasteiger partial charge is 0.481 e. The van der Waals surface area contributed by atoms with Crippen molar-refractivity contribution in [1.82, 2.24) is 5.32 Å². The number of benzene rings is 2. The van der Waals surface area contributed by atoms with Gasteiger partial charge in [-0.25, -0.2) is 0 Å². The topological polar surface area (TPSA) is 38.3 Å². The van der Waals surface area contributed by atoms with E-state index in [9.17, 15) is 4.79 Å². The Balaban J connectivity index is 1.78.